The molecule has 2 aromatic heterocycles. The largest absolute Gasteiger partial charge is 0.496 e. The maximum absolute atomic E-state index is 13.6. The molecule has 6 heteroatoms. The maximum atomic E-state index is 13.6. The molecule has 0 bridgehead atoms. The third kappa shape index (κ3) is 2.42. The van der Waals surface area contributed by atoms with Crippen LogP contribution in [-0.4, -0.2) is 53.6 Å². The molecule has 0 spiro atoms. The molecule has 1 unspecified atom stereocenters. The minimum Gasteiger partial charge on any atom is -0.496 e. The van der Waals surface area contributed by atoms with Gasteiger partial charge in [0.15, 0.2) is 11.6 Å². The average molecular weight is 387 g/mol. The Labute approximate surface area is 167 Å². The quantitative estimate of drug-likeness (QED) is 0.501. The van der Waals surface area contributed by atoms with E-state index < -0.39 is 5.92 Å². The van der Waals surface area contributed by atoms with E-state index in [1.807, 2.05) is 53.7 Å². The van der Waals surface area contributed by atoms with E-state index in [4.69, 9.17) is 4.74 Å². The van der Waals surface area contributed by atoms with Gasteiger partial charge in [0.25, 0.3) is 0 Å². The van der Waals surface area contributed by atoms with Gasteiger partial charge in [0.1, 0.15) is 5.75 Å². The summed E-state index contributed by atoms with van der Waals surface area (Å²) in [6.07, 6.45) is 3.75. The number of Topliss-reactive ketones (excluding diaryl/α,β-unsaturated/α-hetero) is 2. The lowest BCUT2D eigenvalue weighted by Gasteiger charge is -2.22. The standard InChI is InChI=1S/C23H21N3O3/c1-25(2)9-8-15-22(27)16-11-24-12-26-17-10-18(29-3)13-6-4-5-7-14(13)19(17)20(21(16)26)23(15)28/h4-7,10-12,15H,8-9H2,1-3H3. The van der Waals surface area contributed by atoms with Gasteiger partial charge < -0.3 is 9.64 Å². The SMILES string of the molecule is COc1cc2c(c3c4c(cncn42)C(=O)C(CCN(C)C)C3=O)c2ccccc12. The lowest BCUT2D eigenvalue weighted by molar-refractivity contribution is 0.0788. The fourth-order valence-electron chi connectivity index (χ4n) is 4.48. The molecule has 0 saturated heterocycles. The number of benzene rings is 2. The van der Waals surface area contributed by atoms with Crippen molar-refractivity contribution in [1.29, 1.82) is 0 Å². The summed E-state index contributed by atoms with van der Waals surface area (Å²) in [7, 11) is 5.52. The van der Waals surface area contributed by atoms with Gasteiger partial charge in [0.05, 0.1) is 41.5 Å². The van der Waals surface area contributed by atoms with Crippen molar-refractivity contribution in [2.45, 2.75) is 6.42 Å². The number of hydrogen-bond acceptors (Lipinski definition) is 5. The Bertz CT molecular complexity index is 1320. The Morgan fingerprint density at radius 1 is 1.14 bits per heavy atom. The van der Waals surface area contributed by atoms with Gasteiger partial charge in [0.2, 0.25) is 0 Å². The Kier molecular flexibility index (Phi) is 3.93. The van der Waals surface area contributed by atoms with Crippen molar-refractivity contribution in [3.63, 3.8) is 0 Å². The first kappa shape index (κ1) is 17.8. The van der Waals surface area contributed by atoms with Crippen LogP contribution < -0.4 is 4.74 Å². The normalized spacial score (nSPS) is 16.5. The van der Waals surface area contributed by atoms with Crippen LogP contribution in [0, 0.1) is 5.92 Å². The minimum absolute atomic E-state index is 0.0987. The van der Waals surface area contributed by atoms with Crippen LogP contribution in [0.3, 0.4) is 0 Å². The van der Waals surface area contributed by atoms with Crippen molar-refractivity contribution in [2.75, 3.05) is 27.7 Å². The van der Waals surface area contributed by atoms with Crippen LogP contribution in [0.5, 0.6) is 5.75 Å². The molecule has 4 aromatic rings. The van der Waals surface area contributed by atoms with Crippen LogP contribution in [0.15, 0.2) is 42.9 Å². The van der Waals surface area contributed by atoms with Crippen molar-refractivity contribution in [2.24, 2.45) is 5.92 Å². The van der Waals surface area contributed by atoms with E-state index in [2.05, 4.69) is 4.98 Å². The predicted molar refractivity (Wildman–Crippen MR) is 112 cm³/mol. The number of methoxy groups -OCH3 is 1. The highest BCUT2D eigenvalue weighted by atomic mass is 16.5. The number of carbonyl (C=O) groups excluding carboxylic acids is 2. The number of aromatic nitrogens is 2. The molecular formula is C23H21N3O3. The van der Waals surface area contributed by atoms with Gasteiger partial charge in [-0.25, -0.2) is 4.98 Å². The highest BCUT2D eigenvalue weighted by Gasteiger charge is 2.39. The highest BCUT2D eigenvalue weighted by molar-refractivity contribution is 6.33. The van der Waals surface area contributed by atoms with Gasteiger partial charge in [0, 0.05) is 23.0 Å². The van der Waals surface area contributed by atoms with E-state index in [0.29, 0.717) is 29.6 Å². The van der Waals surface area contributed by atoms with Crippen molar-refractivity contribution in [3.05, 3.63) is 54.0 Å². The van der Waals surface area contributed by atoms with Crippen LogP contribution in [-0.2, 0) is 0 Å². The summed E-state index contributed by atoms with van der Waals surface area (Å²) in [5.41, 5.74) is 2.63. The molecule has 1 aliphatic rings. The van der Waals surface area contributed by atoms with Crippen molar-refractivity contribution in [3.8, 4) is 5.75 Å². The smallest absolute Gasteiger partial charge is 0.177 e. The molecule has 2 aromatic carbocycles. The van der Waals surface area contributed by atoms with Crippen LogP contribution in [0.25, 0.3) is 27.2 Å². The number of ketones is 2. The Hall–Kier alpha value is -3.25. The topological polar surface area (TPSA) is 63.9 Å². The van der Waals surface area contributed by atoms with Gasteiger partial charge in [-0.1, -0.05) is 24.3 Å². The molecule has 0 amide bonds. The molecule has 0 saturated carbocycles. The first-order valence-corrected chi connectivity index (χ1v) is 9.63. The zero-order valence-electron chi connectivity index (χ0n) is 16.6. The molecule has 146 valence electrons. The lowest BCUT2D eigenvalue weighted by atomic mass is 9.81. The number of nitrogens with zero attached hydrogens (tertiary/aromatic N) is 3. The second-order valence-electron chi connectivity index (χ2n) is 7.79. The summed E-state index contributed by atoms with van der Waals surface area (Å²) in [4.78, 5) is 33.1. The monoisotopic (exact) mass is 387 g/mol. The molecule has 2 heterocycles. The summed E-state index contributed by atoms with van der Waals surface area (Å²) >= 11 is 0. The van der Waals surface area contributed by atoms with E-state index >= 15 is 0 Å². The molecule has 1 atom stereocenters. The first-order chi connectivity index (χ1) is 14.0. The molecular weight excluding hydrogens is 366 g/mol. The number of carbonyl (C=O) groups is 2. The van der Waals surface area contributed by atoms with Gasteiger partial charge in [-0.3, -0.25) is 14.0 Å². The number of hydrogen-bond donors (Lipinski definition) is 0. The molecule has 0 radical (unpaired) electrons. The van der Waals surface area contributed by atoms with E-state index in [1.54, 1.807) is 19.6 Å². The number of rotatable bonds is 4. The van der Waals surface area contributed by atoms with Gasteiger partial charge in [-0.05, 0) is 32.4 Å². The summed E-state index contributed by atoms with van der Waals surface area (Å²) in [5.74, 6) is -0.184. The second kappa shape index (κ2) is 6.39. The van der Waals surface area contributed by atoms with Crippen LogP contribution in [0.1, 0.15) is 27.1 Å². The molecule has 0 N–H and O–H groups in total. The van der Waals surface area contributed by atoms with E-state index in [-0.39, 0.29) is 11.6 Å². The average Bonchev–Trinajstić information content (AvgIpc) is 3.06. The van der Waals surface area contributed by atoms with E-state index in [9.17, 15) is 9.59 Å². The van der Waals surface area contributed by atoms with Crippen LogP contribution in [0.2, 0.25) is 0 Å². The molecule has 1 aliphatic carbocycles. The fraction of sp³-hybridized carbons (Fsp3) is 0.261. The maximum Gasteiger partial charge on any atom is 0.177 e. The highest BCUT2D eigenvalue weighted by Crippen LogP contribution is 2.42. The van der Waals surface area contributed by atoms with E-state index in [1.165, 1.54) is 0 Å². The number of fused-ring (bicyclic) bond motifs is 5. The minimum atomic E-state index is -0.677. The predicted octanol–water partition coefficient (Wildman–Crippen LogP) is 3.60. The molecule has 6 nitrogen and oxygen atoms in total. The van der Waals surface area contributed by atoms with E-state index in [0.717, 1.165) is 27.4 Å². The van der Waals surface area contributed by atoms with Crippen LogP contribution in [0.4, 0.5) is 0 Å². The molecule has 5 rings (SSSR count). The van der Waals surface area contributed by atoms with Crippen molar-refractivity contribution >= 4 is 38.8 Å². The third-order valence-corrected chi connectivity index (χ3v) is 5.84. The summed E-state index contributed by atoms with van der Waals surface area (Å²) < 4.78 is 7.47. The molecule has 0 fully saturated rings. The Morgan fingerprint density at radius 3 is 2.62 bits per heavy atom. The fourth-order valence-corrected chi connectivity index (χ4v) is 4.48. The summed E-state index contributed by atoms with van der Waals surface area (Å²) in [6.45, 7) is 0.668. The zero-order chi connectivity index (χ0) is 20.3. The first-order valence-electron chi connectivity index (χ1n) is 9.63. The lowest BCUT2D eigenvalue weighted by Crippen LogP contribution is -2.32. The van der Waals surface area contributed by atoms with Gasteiger partial charge in [-0.15, -0.1) is 0 Å². The summed E-state index contributed by atoms with van der Waals surface area (Å²) in [5, 5.41) is 2.75. The van der Waals surface area contributed by atoms with Crippen LogP contribution >= 0.6 is 0 Å². The number of ether oxygens (including phenoxy) is 1. The summed E-state index contributed by atoms with van der Waals surface area (Å²) in [6, 6.07) is 9.83. The van der Waals surface area contributed by atoms with Gasteiger partial charge >= 0.3 is 0 Å². The zero-order valence-corrected chi connectivity index (χ0v) is 16.6. The molecule has 29 heavy (non-hydrogen) atoms. The third-order valence-electron chi connectivity index (χ3n) is 5.84. The molecule has 0 aliphatic heterocycles. The Balaban J connectivity index is 1.91. The van der Waals surface area contributed by atoms with Crippen molar-refractivity contribution in [1.82, 2.24) is 14.3 Å². The van der Waals surface area contributed by atoms with Gasteiger partial charge in [-0.2, -0.15) is 0 Å². The Morgan fingerprint density at radius 2 is 1.90 bits per heavy atom. The second-order valence-corrected chi connectivity index (χ2v) is 7.79. The van der Waals surface area contributed by atoms with Crippen molar-refractivity contribution < 1.29 is 14.3 Å².